The maximum atomic E-state index is 12.6. The zero-order chi connectivity index (χ0) is 14.8. The Hall–Kier alpha value is -2.29. The fourth-order valence-electron chi connectivity index (χ4n) is 2.80. The Morgan fingerprint density at radius 3 is 2.62 bits per heavy atom. The third-order valence-electron chi connectivity index (χ3n) is 4.00. The van der Waals surface area contributed by atoms with E-state index in [9.17, 15) is 4.79 Å². The van der Waals surface area contributed by atoms with Gasteiger partial charge < -0.3 is 9.64 Å². The second-order valence-corrected chi connectivity index (χ2v) is 5.45. The van der Waals surface area contributed by atoms with Crippen LogP contribution in [-0.2, 0) is 13.0 Å². The van der Waals surface area contributed by atoms with Crippen molar-refractivity contribution in [2.75, 3.05) is 13.7 Å². The van der Waals surface area contributed by atoms with Crippen LogP contribution in [0, 0.1) is 6.92 Å². The average molecular weight is 281 g/mol. The second kappa shape index (κ2) is 5.60. The molecule has 0 atom stereocenters. The molecule has 3 nitrogen and oxygen atoms in total. The smallest absolute Gasteiger partial charge is 0.254 e. The van der Waals surface area contributed by atoms with Gasteiger partial charge in [0.25, 0.3) is 5.91 Å². The Labute approximate surface area is 125 Å². The van der Waals surface area contributed by atoms with Crippen LogP contribution in [0.4, 0.5) is 0 Å². The van der Waals surface area contributed by atoms with Crippen molar-refractivity contribution in [3.05, 3.63) is 64.7 Å². The van der Waals surface area contributed by atoms with Crippen molar-refractivity contribution in [2.45, 2.75) is 19.9 Å². The molecule has 0 saturated carbocycles. The molecular formula is C18H19NO2. The first-order valence-corrected chi connectivity index (χ1v) is 7.20. The summed E-state index contributed by atoms with van der Waals surface area (Å²) < 4.78 is 5.36. The molecule has 0 aliphatic carbocycles. The number of rotatable bonds is 3. The van der Waals surface area contributed by atoms with Crippen LogP contribution in [0.2, 0.25) is 0 Å². The molecule has 2 aromatic carbocycles. The molecule has 0 saturated heterocycles. The molecule has 1 amide bonds. The number of methoxy groups -OCH3 is 1. The number of aryl methyl sites for hydroxylation is 1. The summed E-state index contributed by atoms with van der Waals surface area (Å²) in [4.78, 5) is 14.5. The number of amides is 1. The minimum absolute atomic E-state index is 0.0933. The Balaban J connectivity index is 1.84. The van der Waals surface area contributed by atoms with E-state index >= 15 is 0 Å². The third kappa shape index (κ3) is 2.64. The average Bonchev–Trinajstić information content (AvgIpc) is 2.51. The summed E-state index contributed by atoms with van der Waals surface area (Å²) in [6, 6.07) is 14.0. The summed E-state index contributed by atoms with van der Waals surface area (Å²) in [6.07, 6.45) is 0.844. The Bertz CT molecular complexity index is 661. The molecular weight excluding hydrogens is 262 g/mol. The normalized spacial score (nSPS) is 14.0. The molecule has 21 heavy (non-hydrogen) atoms. The van der Waals surface area contributed by atoms with E-state index in [4.69, 9.17) is 4.74 Å². The van der Waals surface area contributed by atoms with Crippen molar-refractivity contribution in [3.8, 4) is 5.75 Å². The second-order valence-electron chi connectivity index (χ2n) is 5.45. The highest BCUT2D eigenvalue weighted by Gasteiger charge is 2.26. The summed E-state index contributed by atoms with van der Waals surface area (Å²) in [7, 11) is 1.65. The van der Waals surface area contributed by atoms with Crippen molar-refractivity contribution in [1.29, 1.82) is 0 Å². The lowest BCUT2D eigenvalue weighted by Crippen LogP contribution is -2.37. The summed E-state index contributed by atoms with van der Waals surface area (Å²) in [5, 5.41) is 0. The summed E-state index contributed by atoms with van der Waals surface area (Å²) in [5.74, 6) is 0.909. The summed E-state index contributed by atoms with van der Waals surface area (Å²) in [6.45, 7) is 3.47. The lowest BCUT2D eigenvalue weighted by molar-refractivity contribution is 0.0725. The molecule has 0 bridgehead atoms. The zero-order valence-electron chi connectivity index (χ0n) is 12.4. The third-order valence-corrected chi connectivity index (χ3v) is 4.00. The summed E-state index contributed by atoms with van der Waals surface area (Å²) >= 11 is 0. The van der Waals surface area contributed by atoms with Crippen LogP contribution >= 0.6 is 0 Å². The van der Waals surface area contributed by atoms with Gasteiger partial charge in [-0.05, 0) is 31.0 Å². The van der Waals surface area contributed by atoms with Crippen molar-refractivity contribution in [2.24, 2.45) is 0 Å². The maximum absolute atomic E-state index is 12.6. The van der Waals surface area contributed by atoms with Gasteiger partial charge in [0, 0.05) is 24.2 Å². The van der Waals surface area contributed by atoms with Crippen LogP contribution in [-0.4, -0.2) is 24.5 Å². The van der Waals surface area contributed by atoms with Crippen molar-refractivity contribution < 1.29 is 9.53 Å². The van der Waals surface area contributed by atoms with Crippen molar-refractivity contribution in [1.82, 2.24) is 4.90 Å². The standard InChI is InChI=1S/C18H19NO2/c1-13-6-8-14(9-7-13)12-19-11-10-15-16(18(19)20)4-3-5-17(15)21-2/h3-9H,10-12H2,1-2H3. The predicted molar refractivity (Wildman–Crippen MR) is 82.6 cm³/mol. The monoisotopic (exact) mass is 281 g/mol. The van der Waals surface area contributed by atoms with Crippen LogP contribution in [0.25, 0.3) is 0 Å². The molecule has 0 radical (unpaired) electrons. The Morgan fingerprint density at radius 1 is 1.14 bits per heavy atom. The maximum Gasteiger partial charge on any atom is 0.254 e. The number of carbonyl (C=O) groups excluding carboxylic acids is 1. The van der Waals surface area contributed by atoms with Gasteiger partial charge in [0.05, 0.1) is 7.11 Å². The van der Waals surface area contributed by atoms with Gasteiger partial charge in [-0.15, -0.1) is 0 Å². The van der Waals surface area contributed by atoms with Gasteiger partial charge in [-0.25, -0.2) is 0 Å². The molecule has 0 aromatic heterocycles. The van der Waals surface area contributed by atoms with Gasteiger partial charge in [0.15, 0.2) is 0 Å². The number of hydrogen-bond acceptors (Lipinski definition) is 2. The molecule has 3 rings (SSSR count). The molecule has 108 valence electrons. The highest BCUT2D eigenvalue weighted by molar-refractivity contribution is 5.97. The lowest BCUT2D eigenvalue weighted by Gasteiger charge is -2.29. The number of nitrogens with zero attached hydrogens (tertiary/aromatic N) is 1. The predicted octanol–water partition coefficient (Wildman–Crippen LogP) is 3.20. The zero-order valence-corrected chi connectivity index (χ0v) is 12.4. The van der Waals surface area contributed by atoms with Crippen LogP contribution < -0.4 is 4.74 Å². The first kappa shape index (κ1) is 13.7. The Morgan fingerprint density at radius 2 is 1.90 bits per heavy atom. The minimum atomic E-state index is 0.0933. The van der Waals surface area contributed by atoms with E-state index in [-0.39, 0.29) is 5.91 Å². The number of ether oxygens (including phenoxy) is 1. The molecule has 0 unspecified atom stereocenters. The van der Waals surface area contributed by atoms with Crippen molar-refractivity contribution in [3.63, 3.8) is 0 Å². The van der Waals surface area contributed by atoms with Crippen LogP contribution in [0.15, 0.2) is 42.5 Å². The fraction of sp³-hybridized carbons (Fsp3) is 0.278. The molecule has 1 aliphatic rings. The van der Waals surface area contributed by atoms with Crippen molar-refractivity contribution >= 4 is 5.91 Å². The Kier molecular flexibility index (Phi) is 3.65. The highest BCUT2D eigenvalue weighted by Crippen LogP contribution is 2.28. The van der Waals surface area contributed by atoms with Crippen LogP contribution in [0.3, 0.4) is 0 Å². The molecule has 1 heterocycles. The van der Waals surface area contributed by atoms with Gasteiger partial charge in [0.1, 0.15) is 5.75 Å². The number of hydrogen-bond donors (Lipinski definition) is 0. The molecule has 3 heteroatoms. The quantitative estimate of drug-likeness (QED) is 0.864. The molecule has 0 fully saturated rings. The van der Waals surface area contributed by atoms with E-state index in [2.05, 4.69) is 31.2 Å². The van der Waals surface area contributed by atoms with Gasteiger partial charge in [0.2, 0.25) is 0 Å². The van der Waals surface area contributed by atoms with Crippen LogP contribution in [0.1, 0.15) is 27.0 Å². The largest absolute Gasteiger partial charge is 0.496 e. The lowest BCUT2D eigenvalue weighted by atomic mass is 9.97. The molecule has 2 aromatic rings. The van der Waals surface area contributed by atoms with E-state index in [0.717, 1.165) is 29.8 Å². The van der Waals surface area contributed by atoms with Crippen LogP contribution in [0.5, 0.6) is 5.75 Å². The van der Waals surface area contributed by atoms with E-state index in [1.165, 1.54) is 11.1 Å². The summed E-state index contributed by atoms with van der Waals surface area (Å²) in [5.41, 5.74) is 4.21. The van der Waals surface area contributed by atoms with Gasteiger partial charge in [-0.2, -0.15) is 0 Å². The molecule has 1 aliphatic heterocycles. The minimum Gasteiger partial charge on any atom is -0.496 e. The first-order valence-electron chi connectivity index (χ1n) is 7.20. The molecule has 0 spiro atoms. The van der Waals surface area contributed by atoms with E-state index in [1.54, 1.807) is 7.11 Å². The molecule has 0 N–H and O–H groups in total. The van der Waals surface area contributed by atoms with E-state index in [1.807, 2.05) is 23.1 Å². The number of carbonyl (C=O) groups is 1. The fourth-order valence-corrected chi connectivity index (χ4v) is 2.80. The van der Waals surface area contributed by atoms with Gasteiger partial charge >= 0.3 is 0 Å². The number of benzene rings is 2. The number of fused-ring (bicyclic) bond motifs is 1. The van der Waals surface area contributed by atoms with E-state index in [0.29, 0.717) is 6.54 Å². The van der Waals surface area contributed by atoms with Gasteiger partial charge in [-0.1, -0.05) is 35.9 Å². The topological polar surface area (TPSA) is 29.5 Å². The first-order chi connectivity index (χ1) is 10.2. The SMILES string of the molecule is COc1cccc2c1CCN(Cc1ccc(C)cc1)C2=O. The van der Waals surface area contributed by atoms with E-state index < -0.39 is 0 Å². The van der Waals surface area contributed by atoms with Gasteiger partial charge in [-0.3, -0.25) is 4.79 Å². The highest BCUT2D eigenvalue weighted by atomic mass is 16.5.